The molecule has 2 rings (SSSR count). The summed E-state index contributed by atoms with van der Waals surface area (Å²) in [5.74, 6) is -0.696. The first-order valence-corrected chi connectivity index (χ1v) is 9.26. The van der Waals surface area contributed by atoms with Crippen molar-refractivity contribution in [3.05, 3.63) is 59.7 Å². The number of carbonyl (C=O) groups is 1. The first kappa shape index (κ1) is 19.8. The molecule has 26 heavy (non-hydrogen) atoms. The molecule has 9 heteroatoms. The molecule has 0 aliphatic carbocycles. The van der Waals surface area contributed by atoms with Crippen LogP contribution in [-0.4, -0.2) is 39.5 Å². The first-order valence-electron chi connectivity index (χ1n) is 7.73. The van der Waals surface area contributed by atoms with Crippen molar-refractivity contribution in [2.75, 3.05) is 13.6 Å². The molecule has 0 fully saturated rings. The number of ether oxygens (including phenoxy) is 1. The molecule has 8 nitrogen and oxygen atoms in total. The van der Waals surface area contributed by atoms with Gasteiger partial charge in [0.25, 0.3) is 0 Å². The lowest BCUT2D eigenvalue weighted by Crippen LogP contribution is -2.29. The highest BCUT2D eigenvalue weighted by Crippen LogP contribution is 2.41. The zero-order chi connectivity index (χ0) is 19.2. The van der Waals surface area contributed by atoms with E-state index in [0.29, 0.717) is 18.5 Å². The number of phenols is 1. The molecule has 0 unspecified atom stereocenters. The summed E-state index contributed by atoms with van der Waals surface area (Å²) in [4.78, 5) is 30.9. The van der Waals surface area contributed by atoms with Gasteiger partial charge in [-0.05, 0) is 29.7 Å². The molecular formula is C17H20NO7P. The number of hydrogen-bond donors (Lipinski definition) is 3. The van der Waals surface area contributed by atoms with Gasteiger partial charge in [0, 0.05) is 13.6 Å². The van der Waals surface area contributed by atoms with E-state index in [4.69, 9.17) is 14.5 Å². The highest BCUT2D eigenvalue weighted by molar-refractivity contribution is 7.46. The number of benzene rings is 2. The summed E-state index contributed by atoms with van der Waals surface area (Å²) in [7, 11) is -3.14. The number of amides is 1. The third-order valence-corrected chi connectivity index (χ3v) is 3.93. The summed E-state index contributed by atoms with van der Waals surface area (Å²) < 4.78 is 20.4. The van der Waals surface area contributed by atoms with Crippen molar-refractivity contribution in [3.63, 3.8) is 0 Å². The summed E-state index contributed by atoms with van der Waals surface area (Å²) in [5.41, 5.74) is 1.56. The summed E-state index contributed by atoms with van der Waals surface area (Å²) in [5, 5.41) is 9.77. The van der Waals surface area contributed by atoms with Gasteiger partial charge in [0.1, 0.15) is 6.61 Å². The SMILES string of the molecule is CN(CCc1ccc(OP(=O)(O)O)c(O)c1)C(=O)OCc1ccccc1. The van der Waals surface area contributed by atoms with Gasteiger partial charge in [-0.25, -0.2) is 9.36 Å². The largest absolute Gasteiger partial charge is 0.524 e. The predicted molar refractivity (Wildman–Crippen MR) is 93.7 cm³/mol. The molecule has 0 heterocycles. The molecule has 3 N–H and O–H groups in total. The van der Waals surface area contributed by atoms with Crippen LogP contribution in [0.25, 0.3) is 0 Å². The maximum Gasteiger partial charge on any atom is 0.524 e. The van der Waals surface area contributed by atoms with Crippen LogP contribution in [0.2, 0.25) is 0 Å². The quantitative estimate of drug-likeness (QED) is 0.631. The Bertz CT molecular complexity index is 791. The second kappa shape index (κ2) is 8.71. The third kappa shape index (κ3) is 6.40. The molecule has 1 amide bonds. The van der Waals surface area contributed by atoms with Gasteiger partial charge < -0.3 is 19.3 Å². The first-order chi connectivity index (χ1) is 12.2. The van der Waals surface area contributed by atoms with Gasteiger partial charge in [-0.15, -0.1) is 0 Å². The van der Waals surface area contributed by atoms with Crippen molar-refractivity contribution in [2.24, 2.45) is 0 Å². The highest BCUT2D eigenvalue weighted by atomic mass is 31.2. The topological polar surface area (TPSA) is 117 Å². The minimum Gasteiger partial charge on any atom is -0.504 e. The van der Waals surface area contributed by atoms with E-state index in [-0.39, 0.29) is 18.1 Å². The average Bonchev–Trinajstić information content (AvgIpc) is 2.59. The van der Waals surface area contributed by atoms with Gasteiger partial charge in [0.15, 0.2) is 11.5 Å². The molecule has 0 spiro atoms. The van der Waals surface area contributed by atoms with Crippen LogP contribution in [0.15, 0.2) is 48.5 Å². The highest BCUT2D eigenvalue weighted by Gasteiger charge is 2.18. The molecule has 0 aromatic heterocycles. The maximum atomic E-state index is 12.0. The fraction of sp³-hybridized carbons (Fsp3) is 0.235. The van der Waals surface area contributed by atoms with E-state index in [9.17, 15) is 14.5 Å². The van der Waals surface area contributed by atoms with Crippen LogP contribution in [-0.2, 0) is 22.3 Å². The molecule has 2 aromatic rings. The molecule has 0 bridgehead atoms. The van der Waals surface area contributed by atoms with Crippen molar-refractivity contribution in [1.29, 1.82) is 0 Å². The molecule has 0 aliphatic rings. The Balaban J connectivity index is 1.84. The van der Waals surface area contributed by atoms with E-state index >= 15 is 0 Å². The maximum absolute atomic E-state index is 12.0. The fourth-order valence-corrected chi connectivity index (χ4v) is 2.55. The second-order valence-electron chi connectivity index (χ2n) is 5.60. The van der Waals surface area contributed by atoms with Crippen LogP contribution >= 0.6 is 7.82 Å². The number of rotatable bonds is 7. The molecule has 2 aromatic carbocycles. The smallest absolute Gasteiger partial charge is 0.504 e. The van der Waals surface area contributed by atoms with Crippen molar-refractivity contribution in [2.45, 2.75) is 13.0 Å². The van der Waals surface area contributed by atoms with Crippen LogP contribution in [0.3, 0.4) is 0 Å². The molecule has 0 saturated heterocycles. The minimum absolute atomic E-state index is 0.180. The summed E-state index contributed by atoms with van der Waals surface area (Å²) >= 11 is 0. The van der Waals surface area contributed by atoms with E-state index in [2.05, 4.69) is 4.52 Å². The van der Waals surface area contributed by atoms with Gasteiger partial charge >= 0.3 is 13.9 Å². The van der Waals surface area contributed by atoms with Gasteiger partial charge in [0.2, 0.25) is 0 Å². The monoisotopic (exact) mass is 381 g/mol. The number of phosphoric acid groups is 1. The lowest BCUT2D eigenvalue weighted by molar-refractivity contribution is 0.105. The standard InChI is InChI=1S/C17H20NO7P/c1-18(17(20)24-12-14-5-3-2-4-6-14)10-9-13-7-8-16(15(19)11-13)25-26(21,22)23/h2-8,11,19H,9-10,12H2,1H3,(H2,21,22,23). The van der Waals surface area contributed by atoms with Crippen molar-refractivity contribution < 1.29 is 33.5 Å². The third-order valence-electron chi connectivity index (χ3n) is 3.49. The number of nitrogens with zero attached hydrogens (tertiary/aromatic N) is 1. The molecule has 140 valence electrons. The Morgan fingerprint density at radius 3 is 2.42 bits per heavy atom. The zero-order valence-electron chi connectivity index (χ0n) is 14.1. The van der Waals surface area contributed by atoms with E-state index in [1.807, 2.05) is 30.3 Å². The normalized spacial score (nSPS) is 11.0. The number of phenolic OH excluding ortho intramolecular Hbond substituents is 1. The number of hydrogen-bond acceptors (Lipinski definition) is 5. The Labute approximate surface area is 150 Å². The number of likely N-dealkylation sites (N-methyl/N-ethyl adjacent to an activating group) is 1. The van der Waals surface area contributed by atoms with Crippen LogP contribution in [0.4, 0.5) is 4.79 Å². The van der Waals surface area contributed by atoms with Gasteiger partial charge in [-0.2, -0.15) is 0 Å². The molecular weight excluding hydrogens is 361 g/mol. The van der Waals surface area contributed by atoms with Gasteiger partial charge in [0.05, 0.1) is 0 Å². The molecule has 0 saturated carbocycles. The van der Waals surface area contributed by atoms with Crippen LogP contribution < -0.4 is 4.52 Å². The minimum atomic E-state index is -4.74. The van der Waals surface area contributed by atoms with E-state index < -0.39 is 13.9 Å². The van der Waals surface area contributed by atoms with Crippen LogP contribution in [0.1, 0.15) is 11.1 Å². The lowest BCUT2D eigenvalue weighted by Gasteiger charge is -2.17. The molecule has 0 radical (unpaired) electrons. The Morgan fingerprint density at radius 1 is 1.12 bits per heavy atom. The van der Waals surface area contributed by atoms with E-state index in [1.165, 1.54) is 17.0 Å². The molecule has 0 aliphatic heterocycles. The van der Waals surface area contributed by atoms with Crippen LogP contribution in [0.5, 0.6) is 11.5 Å². The van der Waals surface area contributed by atoms with Crippen molar-refractivity contribution in [1.82, 2.24) is 4.90 Å². The lowest BCUT2D eigenvalue weighted by atomic mass is 10.1. The number of carbonyl (C=O) groups excluding carboxylic acids is 1. The summed E-state index contributed by atoms with van der Waals surface area (Å²) in [6.07, 6.45) is -0.0553. The summed E-state index contributed by atoms with van der Waals surface area (Å²) in [6.45, 7) is 0.519. The van der Waals surface area contributed by atoms with Crippen molar-refractivity contribution >= 4 is 13.9 Å². The number of phosphoric ester groups is 1. The van der Waals surface area contributed by atoms with Gasteiger partial charge in [-0.1, -0.05) is 36.4 Å². The van der Waals surface area contributed by atoms with E-state index in [0.717, 1.165) is 5.56 Å². The second-order valence-corrected chi connectivity index (χ2v) is 6.76. The Hall–Kier alpha value is -2.54. The van der Waals surface area contributed by atoms with E-state index in [1.54, 1.807) is 13.1 Å². The Morgan fingerprint density at radius 2 is 1.81 bits per heavy atom. The molecule has 0 atom stereocenters. The fourth-order valence-electron chi connectivity index (χ4n) is 2.14. The van der Waals surface area contributed by atoms with Crippen molar-refractivity contribution in [3.8, 4) is 11.5 Å². The predicted octanol–water partition coefficient (Wildman–Crippen LogP) is 2.67. The zero-order valence-corrected chi connectivity index (χ0v) is 15.0. The number of aromatic hydroxyl groups is 1. The van der Waals surface area contributed by atoms with Crippen LogP contribution in [0, 0.1) is 0 Å². The Kier molecular flexibility index (Phi) is 6.63. The summed E-state index contributed by atoms with van der Waals surface area (Å²) in [6, 6.07) is 13.5. The average molecular weight is 381 g/mol. The van der Waals surface area contributed by atoms with Gasteiger partial charge in [-0.3, -0.25) is 9.79 Å².